The number of aromatic nitrogens is 1. The van der Waals surface area contributed by atoms with Gasteiger partial charge in [0, 0.05) is 17.3 Å². The van der Waals surface area contributed by atoms with Crippen LogP contribution in [0.2, 0.25) is 0 Å². The number of nitrogens with zero attached hydrogens (tertiary/aromatic N) is 1. The molecule has 0 atom stereocenters. The average molecular weight is 217 g/mol. The normalized spacial score (nSPS) is 10.4. The number of aliphatic carboxylic acids is 1. The molecule has 1 aromatic rings. The topological polar surface area (TPSA) is 59.4 Å². The lowest BCUT2D eigenvalue weighted by Gasteiger charge is -2.10. The van der Waals surface area contributed by atoms with Crippen molar-refractivity contribution >= 4 is 5.97 Å². The molecule has 0 saturated heterocycles. The molecule has 0 radical (unpaired) electrons. The summed E-state index contributed by atoms with van der Waals surface area (Å²) >= 11 is 0. The maximum absolute atomic E-state index is 12.5. The second-order valence-corrected chi connectivity index (χ2v) is 2.76. The van der Waals surface area contributed by atoms with Gasteiger partial charge in [-0.15, -0.1) is 0 Å². The number of ether oxygens (including phenoxy) is 1. The highest BCUT2D eigenvalue weighted by molar-refractivity contribution is 5.71. The summed E-state index contributed by atoms with van der Waals surface area (Å²) in [6.07, 6.45) is -2.11. The number of hydrogen-bond donors (Lipinski definition) is 1. The van der Waals surface area contributed by atoms with Crippen molar-refractivity contribution in [3.8, 4) is 5.88 Å². The number of alkyl halides is 2. The smallest absolute Gasteiger partial charge is 0.308 e. The first-order valence-electron chi connectivity index (χ1n) is 4.08. The summed E-state index contributed by atoms with van der Waals surface area (Å²) in [5.41, 5.74) is -0.438. The van der Waals surface area contributed by atoms with Crippen molar-refractivity contribution in [1.82, 2.24) is 4.98 Å². The van der Waals surface area contributed by atoms with Crippen LogP contribution in [-0.2, 0) is 11.2 Å². The average Bonchev–Trinajstić information content (AvgIpc) is 2.16. The van der Waals surface area contributed by atoms with Gasteiger partial charge in [-0.25, -0.2) is 13.8 Å². The van der Waals surface area contributed by atoms with Gasteiger partial charge in [-0.05, 0) is 6.07 Å². The molecule has 1 N–H and O–H groups in total. The van der Waals surface area contributed by atoms with Crippen LogP contribution in [0, 0.1) is 0 Å². The number of carbonyl (C=O) groups is 1. The molecule has 0 bridgehead atoms. The van der Waals surface area contributed by atoms with E-state index in [-0.39, 0.29) is 17.0 Å². The molecule has 15 heavy (non-hydrogen) atoms. The second-order valence-electron chi connectivity index (χ2n) is 2.76. The first-order valence-corrected chi connectivity index (χ1v) is 4.08. The number of hydrogen-bond acceptors (Lipinski definition) is 3. The molecular formula is C9H9F2NO3. The molecule has 0 unspecified atom stereocenters. The number of methoxy groups -OCH3 is 1. The van der Waals surface area contributed by atoms with E-state index < -0.39 is 18.8 Å². The van der Waals surface area contributed by atoms with Crippen molar-refractivity contribution in [3.63, 3.8) is 0 Å². The predicted molar refractivity (Wildman–Crippen MR) is 47.1 cm³/mol. The standard InChI is InChI=1S/C9H9F2NO3/c1-15-9-6(4-7(13)14)5(8(10)11)2-3-12-9/h2-3,8H,4H2,1H3,(H,13,14). The maximum atomic E-state index is 12.5. The van der Waals surface area contributed by atoms with Gasteiger partial charge in [-0.3, -0.25) is 4.79 Å². The van der Waals surface area contributed by atoms with Crippen LogP contribution in [0.15, 0.2) is 12.3 Å². The van der Waals surface area contributed by atoms with Crippen LogP contribution in [-0.4, -0.2) is 23.2 Å². The van der Waals surface area contributed by atoms with Crippen molar-refractivity contribution in [1.29, 1.82) is 0 Å². The lowest BCUT2D eigenvalue weighted by atomic mass is 10.1. The highest BCUT2D eigenvalue weighted by atomic mass is 19.3. The Morgan fingerprint density at radius 3 is 2.80 bits per heavy atom. The van der Waals surface area contributed by atoms with E-state index in [9.17, 15) is 13.6 Å². The summed E-state index contributed by atoms with van der Waals surface area (Å²) in [7, 11) is 1.25. The van der Waals surface area contributed by atoms with Crippen molar-refractivity contribution in [2.24, 2.45) is 0 Å². The maximum Gasteiger partial charge on any atom is 0.308 e. The van der Waals surface area contributed by atoms with E-state index in [0.717, 1.165) is 12.3 Å². The van der Waals surface area contributed by atoms with Crippen LogP contribution < -0.4 is 4.74 Å². The lowest BCUT2D eigenvalue weighted by Crippen LogP contribution is -2.07. The van der Waals surface area contributed by atoms with E-state index in [1.165, 1.54) is 7.11 Å². The van der Waals surface area contributed by atoms with Crippen LogP contribution in [0.1, 0.15) is 17.6 Å². The number of carboxylic acid groups (broad SMARTS) is 1. The number of pyridine rings is 1. The van der Waals surface area contributed by atoms with Gasteiger partial charge < -0.3 is 9.84 Å². The zero-order valence-electron chi connectivity index (χ0n) is 7.91. The van der Waals surface area contributed by atoms with Crippen LogP contribution in [0.5, 0.6) is 5.88 Å². The molecule has 0 fully saturated rings. The molecule has 82 valence electrons. The Morgan fingerprint density at radius 1 is 1.67 bits per heavy atom. The van der Waals surface area contributed by atoms with Gasteiger partial charge >= 0.3 is 5.97 Å². The Balaban J connectivity index is 3.20. The van der Waals surface area contributed by atoms with Gasteiger partial charge in [0.15, 0.2) is 0 Å². The van der Waals surface area contributed by atoms with E-state index in [1.54, 1.807) is 0 Å². The van der Waals surface area contributed by atoms with Gasteiger partial charge in [0.2, 0.25) is 5.88 Å². The van der Waals surface area contributed by atoms with E-state index in [2.05, 4.69) is 4.98 Å². The Labute approximate surface area is 84.5 Å². The van der Waals surface area contributed by atoms with E-state index in [4.69, 9.17) is 9.84 Å². The summed E-state index contributed by atoms with van der Waals surface area (Å²) in [5.74, 6) is -1.28. The molecule has 6 heteroatoms. The van der Waals surface area contributed by atoms with Crippen LogP contribution in [0.25, 0.3) is 0 Å². The Morgan fingerprint density at radius 2 is 2.33 bits per heavy atom. The van der Waals surface area contributed by atoms with Crippen LogP contribution in [0.4, 0.5) is 8.78 Å². The molecular weight excluding hydrogens is 208 g/mol. The molecule has 0 aliphatic carbocycles. The summed E-state index contributed by atoms with van der Waals surface area (Å²) < 4.78 is 29.8. The zero-order chi connectivity index (χ0) is 11.4. The summed E-state index contributed by atoms with van der Waals surface area (Å²) in [4.78, 5) is 14.2. The molecule has 0 aromatic carbocycles. The Bertz CT molecular complexity index is 368. The van der Waals surface area contributed by atoms with Gasteiger partial charge in [-0.1, -0.05) is 0 Å². The van der Waals surface area contributed by atoms with Crippen LogP contribution in [0.3, 0.4) is 0 Å². The fourth-order valence-corrected chi connectivity index (χ4v) is 1.20. The Hall–Kier alpha value is -1.72. The number of carboxylic acids is 1. The molecule has 1 rings (SSSR count). The Kier molecular flexibility index (Phi) is 3.54. The quantitative estimate of drug-likeness (QED) is 0.833. The van der Waals surface area contributed by atoms with Gasteiger partial charge in [0.05, 0.1) is 13.5 Å². The lowest BCUT2D eigenvalue weighted by molar-refractivity contribution is -0.136. The summed E-state index contributed by atoms with van der Waals surface area (Å²) in [6, 6.07) is 1.09. The minimum Gasteiger partial charge on any atom is -0.481 e. The third-order valence-electron chi connectivity index (χ3n) is 1.81. The highest BCUT2D eigenvalue weighted by Gasteiger charge is 2.19. The summed E-state index contributed by atoms with van der Waals surface area (Å²) in [5, 5.41) is 8.56. The van der Waals surface area contributed by atoms with Gasteiger partial charge in [0.1, 0.15) is 0 Å². The van der Waals surface area contributed by atoms with Gasteiger partial charge in [-0.2, -0.15) is 0 Å². The monoisotopic (exact) mass is 217 g/mol. The van der Waals surface area contributed by atoms with Crippen molar-refractivity contribution in [3.05, 3.63) is 23.4 Å². The summed E-state index contributed by atoms with van der Waals surface area (Å²) in [6.45, 7) is 0. The van der Waals surface area contributed by atoms with E-state index in [1.807, 2.05) is 0 Å². The fraction of sp³-hybridized carbons (Fsp3) is 0.333. The third kappa shape index (κ3) is 2.61. The SMILES string of the molecule is COc1nccc(C(F)F)c1CC(=O)O. The second kappa shape index (κ2) is 4.68. The van der Waals surface area contributed by atoms with Crippen molar-refractivity contribution in [2.45, 2.75) is 12.8 Å². The number of halogens is 2. The minimum atomic E-state index is -2.74. The predicted octanol–water partition coefficient (Wildman–Crippen LogP) is 1.65. The van der Waals surface area contributed by atoms with E-state index >= 15 is 0 Å². The molecule has 0 amide bonds. The molecule has 1 aromatic heterocycles. The molecule has 4 nitrogen and oxygen atoms in total. The highest BCUT2D eigenvalue weighted by Crippen LogP contribution is 2.28. The molecule has 0 saturated carbocycles. The van der Waals surface area contributed by atoms with Crippen molar-refractivity contribution in [2.75, 3.05) is 7.11 Å². The van der Waals surface area contributed by atoms with E-state index in [0.29, 0.717) is 0 Å². The first-order chi connectivity index (χ1) is 7.06. The molecule has 0 aliphatic heterocycles. The van der Waals surface area contributed by atoms with Gasteiger partial charge in [0.25, 0.3) is 6.43 Å². The largest absolute Gasteiger partial charge is 0.481 e. The fourth-order valence-electron chi connectivity index (χ4n) is 1.20. The van der Waals surface area contributed by atoms with Crippen molar-refractivity contribution < 1.29 is 23.4 Å². The zero-order valence-corrected chi connectivity index (χ0v) is 7.91. The van der Waals surface area contributed by atoms with Crippen LogP contribution >= 0.6 is 0 Å². The molecule has 1 heterocycles. The third-order valence-corrected chi connectivity index (χ3v) is 1.81. The number of rotatable bonds is 4. The molecule has 0 aliphatic rings. The first kappa shape index (κ1) is 11.4. The minimum absolute atomic E-state index is 0.0739. The molecule has 0 spiro atoms.